The molecule has 1 unspecified atom stereocenters. The van der Waals surface area contributed by atoms with Crippen LogP contribution in [0.25, 0.3) is 55.0 Å². The Labute approximate surface area is 291 Å². The van der Waals surface area contributed by atoms with Crippen LogP contribution in [0.5, 0.6) is 0 Å². The van der Waals surface area contributed by atoms with Gasteiger partial charge in [0, 0.05) is 32.8 Å². The highest BCUT2D eigenvalue weighted by Crippen LogP contribution is 2.55. The topological polar surface area (TPSA) is 28.4 Å². The summed E-state index contributed by atoms with van der Waals surface area (Å²) in [5, 5.41) is 7.95. The SMILES string of the molecule is Cc1ccc2c(c1)oc1c(C3Nc4c(ccc5cc(F)ccc45)N3c3c(-c4ccccc4)cc(C(C)(C)C)cc3-c3ccccc3)cccc12. The van der Waals surface area contributed by atoms with Crippen LogP contribution in [0, 0.1) is 12.7 Å². The van der Waals surface area contributed by atoms with E-state index in [0.29, 0.717) is 0 Å². The summed E-state index contributed by atoms with van der Waals surface area (Å²) in [7, 11) is 0. The summed E-state index contributed by atoms with van der Waals surface area (Å²) in [6, 6.07) is 48.2. The van der Waals surface area contributed by atoms with E-state index in [2.05, 4.69) is 153 Å². The van der Waals surface area contributed by atoms with Crippen molar-refractivity contribution in [1.29, 1.82) is 0 Å². The molecule has 0 amide bonds. The third kappa shape index (κ3) is 4.86. The van der Waals surface area contributed by atoms with Gasteiger partial charge in [-0.05, 0) is 82.4 Å². The Morgan fingerprint density at radius 2 is 1.34 bits per heavy atom. The van der Waals surface area contributed by atoms with Crippen LogP contribution < -0.4 is 10.2 Å². The third-order valence-electron chi connectivity index (χ3n) is 10.1. The molecule has 1 aliphatic rings. The summed E-state index contributed by atoms with van der Waals surface area (Å²) in [5.74, 6) is -0.248. The van der Waals surface area contributed by atoms with Crippen molar-refractivity contribution in [2.24, 2.45) is 0 Å². The predicted octanol–water partition coefficient (Wildman–Crippen LogP) is 13.1. The summed E-state index contributed by atoms with van der Waals surface area (Å²) in [6.07, 6.45) is -0.337. The quantitative estimate of drug-likeness (QED) is 0.205. The Hall–Kier alpha value is -5.87. The van der Waals surface area contributed by atoms with E-state index in [1.807, 2.05) is 12.1 Å². The van der Waals surface area contributed by atoms with Gasteiger partial charge >= 0.3 is 0 Å². The van der Waals surface area contributed by atoms with Gasteiger partial charge in [0.2, 0.25) is 0 Å². The second-order valence-electron chi connectivity index (χ2n) is 14.5. The van der Waals surface area contributed by atoms with E-state index in [1.165, 1.54) is 5.56 Å². The molecule has 1 aromatic heterocycles. The van der Waals surface area contributed by atoms with E-state index in [-0.39, 0.29) is 17.4 Å². The number of fused-ring (bicyclic) bond motifs is 6. The highest BCUT2D eigenvalue weighted by atomic mass is 19.1. The number of furan rings is 1. The molecule has 7 aromatic carbocycles. The first kappa shape index (κ1) is 30.2. The number of hydrogen-bond donors (Lipinski definition) is 1. The van der Waals surface area contributed by atoms with Gasteiger partial charge in [0.15, 0.2) is 0 Å². The van der Waals surface area contributed by atoms with Gasteiger partial charge in [-0.1, -0.05) is 118 Å². The highest BCUT2D eigenvalue weighted by molar-refractivity contribution is 6.09. The zero-order valence-electron chi connectivity index (χ0n) is 28.6. The summed E-state index contributed by atoms with van der Waals surface area (Å²) in [6.45, 7) is 8.92. The highest BCUT2D eigenvalue weighted by Gasteiger charge is 2.38. The Morgan fingerprint density at radius 1 is 0.660 bits per heavy atom. The van der Waals surface area contributed by atoms with Gasteiger partial charge in [-0.2, -0.15) is 0 Å². The van der Waals surface area contributed by atoms with Gasteiger partial charge in [0.05, 0.1) is 17.1 Å². The number of rotatable bonds is 4. The van der Waals surface area contributed by atoms with Crippen LogP contribution in [-0.4, -0.2) is 0 Å². The molecule has 4 heteroatoms. The zero-order chi connectivity index (χ0) is 34.1. The molecular weight excluding hydrogens is 616 g/mol. The maximum atomic E-state index is 14.5. The summed E-state index contributed by atoms with van der Waals surface area (Å²) >= 11 is 0. The lowest BCUT2D eigenvalue weighted by Crippen LogP contribution is -2.25. The minimum Gasteiger partial charge on any atom is -0.456 e. The Kier molecular flexibility index (Phi) is 6.86. The standard InChI is InChI=1S/C46H37FN2O/c1-28-18-21-35-36-16-11-17-37(44(36)50-41(35)24-28)45-48-42-34-22-20-33(47)25-31(34)19-23-40(42)49(45)43-38(29-12-7-5-8-13-29)26-32(46(2,3)4)27-39(43)30-14-9-6-10-15-30/h5-27,45,48H,1-4H3. The molecule has 0 saturated carbocycles. The van der Waals surface area contributed by atoms with E-state index in [0.717, 1.165) is 83.2 Å². The van der Waals surface area contributed by atoms with E-state index in [4.69, 9.17) is 4.42 Å². The smallest absolute Gasteiger partial charge is 0.142 e. The Bertz CT molecular complexity index is 2520. The lowest BCUT2D eigenvalue weighted by molar-refractivity contribution is 0.590. The minimum absolute atomic E-state index is 0.0928. The van der Waals surface area contributed by atoms with Crippen LogP contribution in [0.4, 0.5) is 21.5 Å². The molecule has 1 N–H and O–H groups in total. The molecule has 3 nitrogen and oxygen atoms in total. The van der Waals surface area contributed by atoms with Gasteiger partial charge in [-0.25, -0.2) is 4.39 Å². The van der Waals surface area contributed by atoms with Crippen LogP contribution in [0.3, 0.4) is 0 Å². The normalized spacial score (nSPS) is 14.4. The van der Waals surface area contributed by atoms with Crippen molar-refractivity contribution in [3.8, 4) is 22.3 Å². The van der Waals surface area contributed by atoms with Crippen LogP contribution in [0.1, 0.15) is 43.6 Å². The fourth-order valence-corrected chi connectivity index (χ4v) is 7.59. The average molecular weight is 653 g/mol. The molecule has 1 atom stereocenters. The summed E-state index contributed by atoms with van der Waals surface area (Å²) in [4.78, 5) is 2.45. The van der Waals surface area contributed by atoms with E-state index >= 15 is 0 Å². The van der Waals surface area contributed by atoms with Crippen molar-refractivity contribution in [2.45, 2.75) is 39.3 Å². The van der Waals surface area contributed by atoms with E-state index in [1.54, 1.807) is 12.1 Å². The van der Waals surface area contributed by atoms with Crippen LogP contribution >= 0.6 is 0 Å². The second-order valence-corrected chi connectivity index (χ2v) is 14.5. The second kappa shape index (κ2) is 11.3. The van der Waals surface area contributed by atoms with Crippen molar-refractivity contribution < 1.29 is 8.81 Å². The van der Waals surface area contributed by atoms with Gasteiger partial charge in [0.1, 0.15) is 23.1 Å². The molecule has 0 spiro atoms. The predicted molar refractivity (Wildman–Crippen MR) is 207 cm³/mol. The van der Waals surface area contributed by atoms with Gasteiger partial charge in [0.25, 0.3) is 0 Å². The largest absolute Gasteiger partial charge is 0.456 e. The maximum absolute atomic E-state index is 14.5. The number of aryl methyl sites for hydroxylation is 1. The van der Waals surface area contributed by atoms with Gasteiger partial charge in [-0.15, -0.1) is 0 Å². The van der Waals surface area contributed by atoms with E-state index < -0.39 is 0 Å². The number of halogens is 1. The molecule has 2 heterocycles. The first-order valence-corrected chi connectivity index (χ1v) is 17.2. The van der Waals surface area contributed by atoms with Crippen LogP contribution in [0.2, 0.25) is 0 Å². The number of benzene rings is 7. The van der Waals surface area contributed by atoms with Crippen molar-refractivity contribution in [2.75, 3.05) is 10.2 Å². The fourth-order valence-electron chi connectivity index (χ4n) is 7.59. The van der Waals surface area contributed by atoms with E-state index in [9.17, 15) is 4.39 Å². The lowest BCUT2D eigenvalue weighted by Gasteiger charge is -2.33. The zero-order valence-corrected chi connectivity index (χ0v) is 28.6. The molecular formula is C46H37FN2O. The Balaban J connectivity index is 1.40. The van der Waals surface area contributed by atoms with Crippen molar-refractivity contribution in [3.63, 3.8) is 0 Å². The molecule has 0 saturated heterocycles. The molecule has 9 rings (SSSR count). The van der Waals surface area contributed by atoms with Crippen molar-refractivity contribution in [1.82, 2.24) is 0 Å². The minimum atomic E-state index is -0.337. The van der Waals surface area contributed by atoms with Crippen LogP contribution in [-0.2, 0) is 5.41 Å². The molecule has 244 valence electrons. The number of hydrogen-bond acceptors (Lipinski definition) is 3. The van der Waals surface area contributed by atoms with Crippen molar-refractivity contribution in [3.05, 3.63) is 162 Å². The molecule has 0 radical (unpaired) electrons. The maximum Gasteiger partial charge on any atom is 0.142 e. The fraction of sp³-hybridized carbons (Fsp3) is 0.130. The number of para-hydroxylation sites is 1. The summed E-state index contributed by atoms with van der Waals surface area (Å²) in [5.41, 5.74) is 12.7. The first-order chi connectivity index (χ1) is 24.2. The molecule has 8 aromatic rings. The van der Waals surface area contributed by atoms with Gasteiger partial charge in [-0.3, -0.25) is 0 Å². The first-order valence-electron chi connectivity index (χ1n) is 17.2. The third-order valence-corrected chi connectivity index (χ3v) is 10.1. The lowest BCUT2D eigenvalue weighted by atomic mass is 9.82. The molecule has 50 heavy (non-hydrogen) atoms. The van der Waals surface area contributed by atoms with Gasteiger partial charge < -0.3 is 14.6 Å². The molecule has 0 bridgehead atoms. The monoisotopic (exact) mass is 652 g/mol. The average Bonchev–Trinajstić information content (AvgIpc) is 3.69. The number of anilines is 3. The van der Waals surface area contributed by atoms with Crippen LogP contribution in [0.15, 0.2) is 144 Å². The van der Waals surface area contributed by atoms with Crippen molar-refractivity contribution >= 4 is 49.8 Å². The molecule has 0 aliphatic carbocycles. The molecule has 1 aliphatic heterocycles. The number of nitrogens with one attached hydrogen (secondary N) is 1. The number of nitrogens with zero attached hydrogens (tertiary/aromatic N) is 1. The molecule has 0 fully saturated rings. The summed E-state index contributed by atoms with van der Waals surface area (Å²) < 4.78 is 21.3. The Morgan fingerprint density at radius 3 is 2.02 bits per heavy atom.